The highest BCUT2D eigenvalue weighted by atomic mass is 16.5. The molecule has 0 N–H and O–H groups in total. The summed E-state index contributed by atoms with van der Waals surface area (Å²) in [4.78, 5) is 0. The number of benzene rings is 1. The molecule has 1 aromatic rings. The second-order valence-corrected chi connectivity index (χ2v) is 7.46. The van der Waals surface area contributed by atoms with E-state index in [1.54, 1.807) is 0 Å². The fourth-order valence-corrected chi connectivity index (χ4v) is 3.42. The molecule has 0 heterocycles. The van der Waals surface area contributed by atoms with Gasteiger partial charge >= 0.3 is 0 Å². The van der Waals surface area contributed by atoms with Crippen LogP contribution in [0.15, 0.2) is 30.3 Å². The molecular formula is C23H36O. The van der Waals surface area contributed by atoms with E-state index >= 15 is 0 Å². The zero-order valence-corrected chi connectivity index (χ0v) is 15.9. The van der Waals surface area contributed by atoms with Gasteiger partial charge in [0.05, 0.1) is 6.61 Å². The maximum Gasteiger partial charge on any atom is 0.119 e. The second kappa shape index (κ2) is 11.3. The molecule has 1 aromatic carbocycles. The van der Waals surface area contributed by atoms with Gasteiger partial charge in [-0.2, -0.15) is 0 Å². The van der Waals surface area contributed by atoms with E-state index in [0.717, 1.165) is 18.3 Å². The van der Waals surface area contributed by atoms with Crippen molar-refractivity contribution >= 4 is 5.57 Å². The zero-order valence-electron chi connectivity index (χ0n) is 15.9. The number of rotatable bonds is 11. The molecule has 0 fully saturated rings. The van der Waals surface area contributed by atoms with Gasteiger partial charge in [-0.05, 0) is 54.9 Å². The van der Waals surface area contributed by atoms with Crippen LogP contribution in [0.3, 0.4) is 0 Å². The van der Waals surface area contributed by atoms with E-state index in [1.165, 1.54) is 81.8 Å². The van der Waals surface area contributed by atoms with Crippen LogP contribution in [0.2, 0.25) is 0 Å². The van der Waals surface area contributed by atoms with Gasteiger partial charge in [-0.1, -0.05) is 77.0 Å². The normalized spacial score (nSPS) is 17.6. The van der Waals surface area contributed by atoms with Crippen LogP contribution < -0.4 is 4.74 Å². The summed E-state index contributed by atoms with van der Waals surface area (Å²) < 4.78 is 5.89. The van der Waals surface area contributed by atoms with Crippen LogP contribution in [0.25, 0.3) is 5.57 Å². The predicted octanol–water partition coefficient (Wildman–Crippen LogP) is 7.41. The highest BCUT2D eigenvalue weighted by molar-refractivity contribution is 5.66. The van der Waals surface area contributed by atoms with Crippen LogP contribution in [-0.4, -0.2) is 6.61 Å². The molecule has 0 spiro atoms. The molecule has 1 atom stereocenters. The fourth-order valence-electron chi connectivity index (χ4n) is 3.42. The van der Waals surface area contributed by atoms with E-state index in [9.17, 15) is 0 Å². The van der Waals surface area contributed by atoms with E-state index in [1.807, 2.05) is 0 Å². The van der Waals surface area contributed by atoms with Crippen LogP contribution >= 0.6 is 0 Å². The van der Waals surface area contributed by atoms with E-state index in [-0.39, 0.29) is 0 Å². The van der Waals surface area contributed by atoms with Crippen molar-refractivity contribution in [3.8, 4) is 5.75 Å². The summed E-state index contributed by atoms with van der Waals surface area (Å²) in [6.45, 7) is 5.47. The van der Waals surface area contributed by atoms with Crippen molar-refractivity contribution < 1.29 is 4.74 Å². The quantitative estimate of drug-likeness (QED) is 0.384. The third-order valence-corrected chi connectivity index (χ3v) is 5.16. The summed E-state index contributed by atoms with van der Waals surface area (Å²) in [5.74, 6) is 1.87. The minimum atomic E-state index is 0.850. The summed E-state index contributed by atoms with van der Waals surface area (Å²) in [7, 11) is 0. The molecule has 24 heavy (non-hydrogen) atoms. The molecule has 0 bridgehead atoms. The van der Waals surface area contributed by atoms with Gasteiger partial charge in [0.2, 0.25) is 0 Å². The third kappa shape index (κ3) is 7.11. The first-order valence-corrected chi connectivity index (χ1v) is 10.2. The maximum absolute atomic E-state index is 5.89. The molecule has 1 nitrogen and oxygen atoms in total. The first-order chi connectivity index (χ1) is 11.8. The summed E-state index contributed by atoms with van der Waals surface area (Å²) in [5, 5.41) is 0. The van der Waals surface area contributed by atoms with Gasteiger partial charge in [0, 0.05) is 0 Å². The van der Waals surface area contributed by atoms with E-state index in [0.29, 0.717) is 0 Å². The minimum Gasteiger partial charge on any atom is -0.494 e. The van der Waals surface area contributed by atoms with Gasteiger partial charge in [-0.25, -0.2) is 0 Å². The van der Waals surface area contributed by atoms with Gasteiger partial charge in [0.25, 0.3) is 0 Å². The highest BCUT2D eigenvalue weighted by Crippen LogP contribution is 2.30. The van der Waals surface area contributed by atoms with Gasteiger partial charge in [-0.3, -0.25) is 0 Å². The molecule has 1 unspecified atom stereocenters. The Bertz CT molecular complexity index is 471. The molecule has 0 aromatic heterocycles. The molecule has 1 aliphatic rings. The Hall–Kier alpha value is -1.24. The van der Waals surface area contributed by atoms with Crippen molar-refractivity contribution in [1.82, 2.24) is 0 Å². The van der Waals surface area contributed by atoms with E-state index < -0.39 is 0 Å². The molecule has 0 saturated heterocycles. The first-order valence-electron chi connectivity index (χ1n) is 10.2. The van der Waals surface area contributed by atoms with Gasteiger partial charge in [-0.15, -0.1) is 0 Å². The first kappa shape index (κ1) is 19.1. The Morgan fingerprint density at radius 1 is 0.917 bits per heavy atom. The van der Waals surface area contributed by atoms with Crippen molar-refractivity contribution in [2.24, 2.45) is 5.92 Å². The Balaban J connectivity index is 1.59. The predicted molar refractivity (Wildman–Crippen MR) is 106 cm³/mol. The average Bonchev–Trinajstić information content (AvgIpc) is 2.62. The number of hydrogen-bond donors (Lipinski definition) is 0. The lowest BCUT2D eigenvalue weighted by molar-refractivity contribution is 0.304. The summed E-state index contributed by atoms with van der Waals surface area (Å²) in [6, 6.07) is 8.73. The van der Waals surface area contributed by atoms with Crippen molar-refractivity contribution in [1.29, 1.82) is 0 Å². The van der Waals surface area contributed by atoms with Crippen molar-refractivity contribution in [3.63, 3.8) is 0 Å². The monoisotopic (exact) mass is 328 g/mol. The number of unbranched alkanes of at least 4 members (excludes halogenated alkanes) is 7. The second-order valence-electron chi connectivity index (χ2n) is 7.46. The Labute approximate surface area is 149 Å². The smallest absolute Gasteiger partial charge is 0.119 e. The molecule has 2 rings (SSSR count). The van der Waals surface area contributed by atoms with Crippen LogP contribution in [0, 0.1) is 5.92 Å². The SMILES string of the molecule is CCCCCCCCCCOc1ccc(C2=CCC(C)CC2)cc1. The van der Waals surface area contributed by atoms with E-state index in [2.05, 4.69) is 44.2 Å². The molecule has 134 valence electrons. The Kier molecular flexibility index (Phi) is 9.02. The van der Waals surface area contributed by atoms with Crippen LogP contribution in [-0.2, 0) is 0 Å². The molecule has 0 radical (unpaired) electrons. The van der Waals surface area contributed by atoms with E-state index in [4.69, 9.17) is 4.74 Å². The largest absolute Gasteiger partial charge is 0.494 e. The fraction of sp³-hybridized carbons (Fsp3) is 0.652. The zero-order chi connectivity index (χ0) is 17.0. The molecule has 0 amide bonds. The lowest BCUT2D eigenvalue weighted by atomic mass is 9.88. The third-order valence-electron chi connectivity index (χ3n) is 5.16. The Morgan fingerprint density at radius 2 is 1.58 bits per heavy atom. The number of ether oxygens (including phenoxy) is 1. The average molecular weight is 329 g/mol. The maximum atomic E-state index is 5.89. The molecule has 0 aliphatic heterocycles. The number of allylic oxidation sites excluding steroid dienone is 2. The van der Waals surface area contributed by atoms with Crippen LogP contribution in [0.5, 0.6) is 5.75 Å². The highest BCUT2D eigenvalue weighted by Gasteiger charge is 2.11. The molecule has 0 saturated carbocycles. The topological polar surface area (TPSA) is 9.23 Å². The number of hydrogen-bond acceptors (Lipinski definition) is 1. The van der Waals surface area contributed by atoms with Gasteiger partial charge < -0.3 is 4.74 Å². The molecule has 1 aliphatic carbocycles. The Morgan fingerprint density at radius 3 is 2.21 bits per heavy atom. The van der Waals surface area contributed by atoms with Crippen molar-refractivity contribution in [2.45, 2.75) is 84.5 Å². The minimum absolute atomic E-state index is 0.850. The summed E-state index contributed by atoms with van der Waals surface area (Å²) >= 11 is 0. The standard InChI is InChI=1S/C23H36O/c1-3-4-5-6-7-8-9-10-19-24-23-17-15-22(16-18-23)21-13-11-20(2)12-14-21/h13,15-18,20H,3-12,14,19H2,1-2H3. The van der Waals surface area contributed by atoms with Crippen LogP contribution in [0.1, 0.15) is 90.0 Å². The molecule has 1 heteroatoms. The summed E-state index contributed by atoms with van der Waals surface area (Å²) in [5.41, 5.74) is 2.89. The lowest BCUT2D eigenvalue weighted by Crippen LogP contribution is -2.01. The lowest BCUT2D eigenvalue weighted by Gasteiger charge is -2.18. The van der Waals surface area contributed by atoms with Crippen LogP contribution in [0.4, 0.5) is 0 Å². The van der Waals surface area contributed by atoms with Gasteiger partial charge in [0.1, 0.15) is 5.75 Å². The van der Waals surface area contributed by atoms with Gasteiger partial charge in [0.15, 0.2) is 0 Å². The van der Waals surface area contributed by atoms with Crippen molar-refractivity contribution in [3.05, 3.63) is 35.9 Å². The molecular weight excluding hydrogens is 292 g/mol. The summed E-state index contributed by atoms with van der Waals surface area (Å²) in [6.07, 6.45) is 17.0. The van der Waals surface area contributed by atoms with Crippen molar-refractivity contribution in [2.75, 3.05) is 6.61 Å².